The zero-order valence-electron chi connectivity index (χ0n) is 9.23. The topological polar surface area (TPSA) is 65.2 Å². The lowest BCUT2D eigenvalue weighted by molar-refractivity contribution is -0.112. The number of pyridine rings is 1. The zero-order chi connectivity index (χ0) is 12.3. The summed E-state index contributed by atoms with van der Waals surface area (Å²) in [7, 11) is 1.57. The summed E-state index contributed by atoms with van der Waals surface area (Å²) in [6.07, 6.45) is 0. The van der Waals surface area contributed by atoms with Crippen molar-refractivity contribution in [1.29, 1.82) is 0 Å². The first-order valence-corrected chi connectivity index (χ1v) is 4.95. The van der Waals surface area contributed by atoms with Crippen LogP contribution in [0.4, 0.5) is 0 Å². The molecule has 0 saturated heterocycles. The fourth-order valence-electron chi connectivity index (χ4n) is 1.43. The Bertz CT molecular complexity index is 639. The van der Waals surface area contributed by atoms with E-state index in [1.54, 1.807) is 19.2 Å². The van der Waals surface area contributed by atoms with Gasteiger partial charge in [-0.05, 0) is 30.2 Å². The predicted octanol–water partition coefficient (Wildman–Crippen LogP) is 1.08. The number of hydrogen-bond donors (Lipinski definition) is 1. The molecule has 4 nitrogen and oxygen atoms in total. The average molecular weight is 226 g/mol. The first kappa shape index (κ1) is 11.0. The van der Waals surface area contributed by atoms with Crippen molar-refractivity contribution in [1.82, 2.24) is 4.98 Å². The molecule has 2 N–H and O–H groups in total. The summed E-state index contributed by atoms with van der Waals surface area (Å²) in [4.78, 5) is 14.8. The lowest BCUT2D eigenvalue weighted by atomic mass is 10.1. The number of rotatable bonds is 1. The first-order valence-electron chi connectivity index (χ1n) is 4.95. The summed E-state index contributed by atoms with van der Waals surface area (Å²) in [5.74, 6) is 4.90. The summed E-state index contributed by atoms with van der Waals surface area (Å²) in [6.45, 7) is 0. The van der Waals surface area contributed by atoms with Crippen LogP contribution in [0, 0.1) is 11.8 Å². The number of fused-ring (bicyclic) bond motifs is 1. The molecule has 1 aromatic heterocycles. The highest BCUT2D eigenvalue weighted by Gasteiger charge is 1.98. The van der Waals surface area contributed by atoms with Gasteiger partial charge in [-0.1, -0.05) is 5.92 Å². The van der Waals surface area contributed by atoms with Gasteiger partial charge in [0.25, 0.3) is 5.91 Å². The van der Waals surface area contributed by atoms with Crippen LogP contribution in [0.2, 0.25) is 0 Å². The molecule has 2 aromatic rings. The Morgan fingerprint density at radius 3 is 2.88 bits per heavy atom. The minimum atomic E-state index is -0.641. The Labute approximate surface area is 98.4 Å². The molecule has 1 heterocycles. The maximum atomic E-state index is 10.5. The highest BCUT2D eigenvalue weighted by atomic mass is 16.5. The SMILES string of the molecule is COc1ccc2cc(C#CC(N)=O)ccc2n1. The smallest absolute Gasteiger partial charge is 0.293 e. The zero-order valence-corrected chi connectivity index (χ0v) is 9.23. The highest BCUT2D eigenvalue weighted by Crippen LogP contribution is 2.17. The van der Waals surface area contributed by atoms with Crippen LogP contribution in [-0.4, -0.2) is 18.0 Å². The summed E-state index contributed by atoms with van der Waals surface area (Å²) >= 11 is 0. The van der Waals surface area contributed by atoms with Crippen molar-refractivity contribution in [3.63, 3.8) is 0 Å². The first-order chi connectivity index (χ1) is 8.19. The third-order valence-electron chi connectivity index (χ3n) is 2.20. The van der Waals surface area contributed by atoms with Gasteiger partial charge in [0.1, 0.15) is 0 Å². The molecule has 0 atom stereocenters. The molecule has 0 radical (unpaired) electrons. The largest absolute Gasteiger partial charge is 0.481 e. The number of benzene rings is 1. The van der Waals surface area contributed by atoms with Crippen LogP contribution in [0.3, 0.4) is 0 Å². The summed E-state index contributed by atoms with van der Waals surface area (Å²) in [5, 5.41) is 0.932. The average Bonchev–Trinajstić information content (AvgIpc) is 2.35. The third kappa shape index (κ3) is 2.52. The number of nitrogens with zero attached hydrogens (tertiary/aromatic N) is 1. The molecule has 0 bridgehead atoms. The van der Waals surface area contributed by atoms with E-state index in [2.05, 4.69) is 16.8 Å². The summed E-state index contributed by atoms with van der Waals surface area (Å²) in [5.41, 5.74) is 6.49. The molecule has 0 aliphatic heterocycles. The number of carbonyl (C=O) groups excluding carboxylic acids is 1. The molecule has 0 spiro atoms. The molecule has 0 aliphatic rings. The van der Waals surface area contributed by atoms with Crippen LogP contribution in [-0.2, 0) is 4.79 Å². The second-order valence-electron chi connectivity index (χ2n) is 3.38. The van der Waals surface area contributed by atoms with Crippen molar-refractivity contribution in [3.05, 3.63) is 35.9 Å². The molecule has 1 aromatic carbocycles. The van der Waals surface area contributed by atoms with Gasteiger partial charge < -0.3 is 10.5 Å². The van der Waals surface area contributed by atoms with Crippen LogP contribution >= 0.6 is 0 Å². The number of carbonyl (C=O) groups is 1. The van der Waals surface area contributed by atoms with E-state index in [4.69, 9.17) is 10.5 Å². The molecule has 0 fully saturated rings. The third-order valence-corrected chi connectivity index (χ3v) is 2.20. The van der Waals surface area contributed by atoms with E-state index in [0.29, 0.717) is 5.88 Å². The van der Waals surface area contributed by atoms with Crippen LogP contribution in [0.15, 0.2) is 30.3 Å². The molecular weight excluding hydrogens is 216 g/mol. The van der Waals surface area contributed by atoms with Gasteiger partial charge in [0.15, 0.2) is 0 Å². The van der Waals surface area contributed by atoms with Gasteiger partial charge >= 0.3 is 0 Å². The van der Waals surface area contributed by atoms with Gasteiger partial charge in [0, 0.05) is 17.0 Å². The number of primary amides is 1. The normalized spacial score (nSPS) is 9.47. The monoisotopic (exact) mass is 226 g/mol. The number of amides is 1. The Balaban J connectivity index is 2.46. The molecule has 4 heteroatoms. The van der Waals surface area contributed by atoms with Crippen LogP contribution in [0.1, 0.15) is 5.56 Å². The van der Waals surface area contributed by atoms with Crippen LogP contribution < -0.4 is 10.5 Å². The molecule has 0 saturated carbocycles. The minimum absolute atomic E-state index is 0.563. The van der Waals surface area contributed by atoms with Gasteiger partial charge in [-0.15, -0.1) is 0 Å². The highest BCUT2D eigenvalue weighted by molar-refractivity contribution is 5.92. The second kappa shape index (κ2) is 4.54. The van der Waals surface area contributed by atoms with E-state index in [1.807, 2.05) is 18.2 Å². The Kier molecular flexibility index (Phi) is 2.93. The molecule has 17 heavy (non-hydrogen) atoms. The van der Waals surface area contributed by atoms with E-state index < -0.39 is 5.91 Å². The molecule has 0 aliphatic carbocycles. The van der Waals surface area contributed by atoms with Crippen LogP contribution in [0.25, 0.3) is 10.9 Å². The van der Waals surface area contributed by atoms with Crippen molar-refractivity contribution in [2.75, 3.05) is 7.11 Å². The van der Waals surface area contributed by atoms with E-state index in [-0.39, 0.29) is 0 Å². The standard InChI is InChI=1S/C13H10N2O2/c1-17-13-7-4-10-8-9(3-6-12(14)16)2-5-11(10)15-13/h2,4-5,7-8H,1H3,(H2,14,16). The summed E-state index contributed by atoms with van der Waals surface area (Å²) in [6, 6.07) is 9.11. The minimum Gasteiger partial charge on any atom is -0.481 e. The summed E-state index contributed by atoms with van der Waals surface area (Å²) < 4.78 is 5.03. The molecular formula is C13H10N2O2. The molecule has 0 unspecified atom stereocenters. The Morgan fingerprint density at radius 1 is 1.35 bits per heavy atom. The molecule has 84 valence electrons. The fraction of sp³-hybridized carbons (Fsp3) is 0.0769. The maximum absolute atomic E-state index is 10.5. The second-order valence-corrected chi connectivity index (χ2v) is 3.38. The molecule has 2 rings (SSSR count). The fourth-order valence-corrected chi connectivity index (χ4v) is 1.43. The lowest BCUT2D eigenvalue weighted by Gasteiger charge is -2.01. The van der Waals surface area contributed by atoms with E-state index in [0.717, 1.165) is 16.5 Å². The quantitative estimate of drug-likeness (QED) is 0.740. The molecule has 1 amide bonds. The van der Waals surface area contributed by atoms with Gasteiger partial charge in [0.2, 0.25) is 5.88 Å². The van der Waals surface area contributed by atoms with E-state index in [9.17, 15) is 4.79 Å². The number of nitrogens with two attached hydrogens (primary N) is 1. The Morgan fingerprint density at radius 2 is 2.18 bits per heavy atom. The maximum Gasteiger partial charge on any atom is 0.293 e. The number of hydrogen-bond acceptors (Lipinski definition) is 3. The van der Waals surface area contributed by atoms with Crippen LogP contribution in [0.5, 0.6) is 5.88 Å². The van der Waals surface area contributed by atoms with Crippen molar-refractivity contribution < 1.29 is 9.53 Å². The predicted molar refractivity (Wildman–Crippen MR) is 64.4 cm³/mol. The van der Waals surface area contributed by atoms with E-state index >= 15 is 0 Å². The van der Waals surface area contributed by atoms with Crippen molar-refractivity contribution in [2.45, 2.75) is 0 Å². The number of aromatic nitrogens is 1. The number of ether oxygens (including phenoxy) is 1. The van der Waals surface area contributed by atoms with Gasteiger partial charge in [-0.2, -0.15) is 0 Å². The van der Waals surface area contributed by atoms with Gasteiger partial charge in [-0.25, -0.2) is 4.98 Å². The van der Waals surface area contributed by atoms with Crippen molar-refractivity contribution >= 4 is 16.8 Å². The van der Waals surface area contributed by atoms with Gasteiger partial charge in [0.05, 0.1) is 12.6 Å². The van der Waals surface area contributed by atoms with Crippen molar-refractivity contribution in [2.24, 2.45) is 5.73 Å². The van der Waals surface area contributed by atoms with E-state index in [1.165, 1.54) is 0 Å². The van der Waals surface area contributed by atoms with Gasteiger partial charge in [-0.3, -0.25) is 4.79 Å². The number of methoxy groups -OCH3 is 1. The lowest BCUT2D eigenvalue weighted by Crippen LogP contribution is -2.06. The Hall–Kier alpha value is -2.54. The van der Waals surface area contributed by atoms with Crippen molar-refractivity contribution in [3.8, 4) is 17.7 Å².